The van der Waals surface area contributed by atoms with Gasteiger partial charge in [-0.25, -0.2) is 0 Å². The molecule has 118 valence electrons. The highest BCUT2D eigenvalue weighted by molar-refractivity contribution is 7.09. The summed E-state index contributed by atoms with van der Waals surface area (Å²) in [6.07, 6.45) is 3.61. The van der Waals surface area contributed by atoms with Crippen LogP contribution in [0.4, 0.5) is 0 Å². The van der Waals surface area contributed by atoms with Gasteiger partial charge in [-0.1, -0.05) is 6.07 Å². The van der Waals surface area contributed by atoms with E-state index in [9.17, 15) is 0 Å². The molecule has 1 heterocycles. The predicted octanol–water partition coefficient (Wildman–Crippen LogP) is 1.31. The first-order valence-electron chi connectivity index (χ1n) is 7.58. The number of ether oxygens (including phenoxy) is 1. The lowest BCUT2D eigenvalue weighted by Crippen LogP contribution is -2.35. The molecule has 21 heavy (non-hydrogen) atoms. The Hall–Kier alpha value is -1.11. The molecule has 0 saturated heterocycles. The zero-order chi connectivity index (χ0) is 14.9. The minimum Gasteiger partial charge on any atom is -0.383 e. The minimum atomic E-state index is 0.550. The number of rotatable bonds is 10. The van der Waals surface area contributed by atoms with E-state index in [0.717, 1.165) is 45.2 Å². The molecular formula is C15H26N4OS. The summed E-state index contributed by atoms with van der Waals surface area (Å²) in [7, 11) is 1.75. The smallest absolute Gasteiger partial charge is 0.188 e. The molecule has 0 amide bonds. The van der Waals surface area contributed by atoms with E-state index in [1.54, 1.807) is 18.4 Å². The summed E-state index contributed by atoms with van der Waals surface area (Å²) in [5, 5.41) is 5.27. The molecule has 5 nitrogen and oxygen atoms in total. The van der Waals surface area contributed by atoms with E-state index in [4.69, 9.17) is 10.5 Å². The van der Waals surface area contributed by atoms with E-state index in [2.05, 4.69) is 32.7 Å². The van der Waals surface area contributed by atoms with Gasteiger partial charge in [-0.15, -0.1) is 11.3 Å². The van der Waals surface area contributed by atoms with Crippen LogP contribution in [0.2, 0.25) is 0 Å². The SMILES string of the molecule is COCCN(CCN=C(N)NCCc1cccs1)C1CC1. The second-order valence-electron chi connectivity index (χ2n) is 5.28. The summed E-state index contributed by atoms with van der Waals surface area (Å²) >= 11 is 1.77. The Morgan fingerprint density at radius 2 is 2.38 bits per heavy atom. The second kappa shape index (κ2) is 9.02. The quantitative estimate of drug-likeness (QED) is 0.505. The molecule has 1 aromatic rings. The maximum absolute atomic E-state index is 5.89. The van der Waals surface area contributed by atoms with Gasteiger partial charge in [0.15, 0.2) is 5.96 Å². The van der Waals surface area contributed by atoms with Gasteiger partial charge in [-0.05, 0) is 30.7 Å². The lowest BCUT2D eigenvalue weighted by atomic mass is 10.3. The molecule has 0 unspecified atom stereocenters. The summed E-state index contributed by atoms with van der Waals surface area (Å²) < 4.78 is 5.15. The third-order valence-corrected chi connectivity index (χ3v) is 4.51. The third-order valence-electron chi connectivity index (χ3n) is 3.57. The van der Waals surface area contributed by atoms with E-state index >= 15 is 0 Å². The lowest BCUT2D eigenvalue weighted by molar-refractivity contribution is 0.145. The van der Waals surface area contributed by atoms with Gasteiger partial charge >= 0.3 is 0 Å². The largest absolute Gasteiger partial charge is 0.383 e. The maximum Gasteiger partial charge on any atom is 0.188 e. The van der Waals surface area contributed by atoms with Crippen molar-refractivity contribution in [3.63, 3.8) is 0 Å². The lowest BCUT2D eigenvalue weighted by Gasteiger charge is -2.20. The number of hydrogen-bond donors (Lipinski definition) is 2. The molecule has 0 atom stereocenters. The van der Waals surface area contributed by atoms with E-state index in [-0.39, 0.29) is 0 Å². The molecule has 1 aliphatic carbocycles. The molecule has 1 aliphatic rings. The first-order valence-corrected chi connectivity index (χ1v) is 8.46. The van der Waals surface area contributed by atoms with Gasteiger partial charge in [0.1, 0.15) is 0 Å². The van der Waals surface area contributed by atoms with Crippen LogP contribution in [0.25, 0.3) is 0 Å². The van der Waals surface area contributed by atoms with Crippen LogP contribution in [0.1, 0.15) is 17.7 Å². The summed E-state index contributed by atoms with van der Waals surface area (Å²) in [6, 6.07) is 4.95. The summed E-state index contributed by atoms with van der Waals surface area (Å²) in [5.74, 6) is 0.550. The molecule has 0 aliphatic heterocycles. The molecule has 1 saturated carbocycles. The van der Waals surface area contributed by atoms with Crippen LogP contribution in [0.3, 0.4) is 0 Å². The Balaban J connectivity index is 1.60. The molecule has 3 N–H and O–H groups in total. The maximum atomic E-state index is 5.89. The zero-order valence-electron chi connectivity index (χ0n) is 12.8. The highest BCUT2D eigenvalue weighted by Crippen LogP contribution is 2.26. The first kappa shape index (κ1) is 16.3. The van der Waals surface area contributed by atoms with Crippen LogP contribution < -0.4 is 11.1 Å². The molecule has 0 radical (unpaired) electrons. The van der Waals surface area contributed by atoms with Gasteiger partial charge in [0.2, 0.25) is 0 Å². The Labute approximate surface area is 131 Å². The van der Waals surface area contributed by atoms with E-state index in [0.29, 0.717) is 5.96 Å². The predicted molar refractivity (Wildman–Crippen MR) is 89.0 cm³/mol. The number of nitrogens with zero attached hydrogens (tertiary/aromatic N) is 2. The summed E-state index contributed by atoms with van der Waals surface area (Å²) in [5.41, 5.74) is 5.89. The minimum absolute atomic E-state index is 0.550. The van der Waals surface area contributed by atoms with Crippen LogP contribution in [0.15, 0.2) is 22.5 Å². The van der Waals surface area contributed by atoms with Crippen molar-refractivity contribution in [2.75, 3.05) is 39.9 Å². The molecule has 1 fully saturated rings. The Morgan fingerprint density at radius 3 is 3.05 bits per heavy atom. The highest BCUT2D eigenvalue weighted by Gasteiger charge is 2.27. The van der Waals surface area contributed by atoms with Crippen molar-refractivity contribution in [1.82, 2.24) is 10.2 Å². The van der Waals surface area contributed by atoms with E-state index in [1.165, 1.54) is 17.7 Å². The average Bonchev–Trinajstić information content (AvgIpc) is 3.19. The van der Waals surface area contributed by atoms with Crippen molar-refractivity contribution in [3.05, 3.63) is 22.4 Å². The van der Waals surface area contributed by atoms with Gasteiger partial charge < -0.3 is 15.8 Å². The second-order valence-corrected chi connectivity index (χ2v) is 6.32. The standard InChI is InChI=1S/C15H26N4OS/c1-20-11-10-19(13-4-5-13)9-8-18-15(16)17-7-6-14-3-2-12-21-14/h2-3,12-13H,4-11H2,1H3,(H3,16,17,18). The molecular weight excluding hydrogens is 284 g/mol. The number of aliphatic imine (C=N–C) groups is 1. The molecule has 0 spiro atoms. The zero-order valence-corrected chi connectivity index (χ0v) is 13.6. The van der Waals surface area contributed by atoms with Crippen LogP contribution >= 0.6 is 11.3 Å². The van der Waals surface area contributed by atoms with Gasteiger partial charge in [0, 0.05) is 37.7 Å². The van der Waals surface area contributed by atoms with Crippen molar-refractivity contribution >= 4 is 17.3 Å². The highest BCUT2D eigenvalue weighted by atomic mass is 32.1. The number of nitrogens with two attached hydrogens (primary N) is 1. The van der Waals surface area contributed by atoms with Crippen LogP contribution in [-0.4, -0.2) is 56.8 Å². The van der Waals surface area contributed by atoms with E-state index in [1.807, 2.05) is 0 Å². The topological polar surface area (TPSA) is 62.9 Å². The average molecular weight is 310 g/mol. The monoisotopic (exact) mass is 310 g/mol. The molecule has 6 heteroatoms. The van der Waals surface area contributed by atoms with Crippen molar-refractivity contribution in [2.45, 2.75) is 25.3 Å². The van der Waals surface area contributed by atoms with Gasteiger partial charge in [-0.2, -0.15) is 0 Å². The van der Waals surface area contributed by atoms with Crippen LogP contribution in [0, 0.1) is 0 Å². The Morgan fingerprint density at radius 1 is 1.52 bits per heavy atom. The Bertz CT molecular complexity index is 417. The normalized spacial score (nSPS) is 15.6. The van der Waals surface area contributed by atoms with Gasteiger partial charge in [0.05, 0.1) is 13.2 Å². The molecule has 0 aromatic carbocycles. The summed E-state index contributed by atoms with van der Waals surface area (Å²) in [6.45, 7) is 4.32. The van der Waals surface area contributed by atoms with Crippen LogP contribution in [0.5, 0.6) is 0 Å². The Kier molecular flexibility index (Phi) is 6.99. The fourth-order valence-electron chi connectivity index (χ4n) is 2.25. The fourth-order valence-corrected chi connectivity index (χ4v) is 2.96. The summed E-state index contributed by atoms with van der Waals surface area (Å²) in [4.78, 5) is 8.23. The van der Waals surface area contributed by atoms with E-state index < -0.39 is 0 Å². The number of thiophene rings is 1. The number of guanidine groups is 1. The number of methoxy groups -OCH3 is 1. The first-order chi connectivity index (χ1) is 10.3. The molecule has 0 bridgehead atoms. The number of hydrogen-bond acceptors (Lipinski definition) is 4. The van der Waals surface area contributed by atoms with Crippen molar-refractivity contribution < 1.29 is 4.74 Å². The number of nitrogens with one attached hydrogen (secondary N) is 1. The van der Waals surface area contributed by atoms with Crippen molar-refractivity contribution in [2.24, 2.45) is 10.7 Å². The van der Waals surface area contributed by atoms with Crippen molar-refractivity contribution in [3.8, 4) is 0 Å². The van der Waals surface area contributed by atoms with Crippen LogP contribution in [-0.2, 0) is 11.2 Å². The molecule has 2 rings (SSSR count). The van der Waals surface area contributed by atoms with Crippen molar-refractivity contribution in [1.29, 1.82) is 0 Å². The third kappa shape index (κ3) is 6.46. The van der Waals surface area contributed by atoms with Gasteiger partial charge in [0.25, 0.3) is 0 Å². The molecule has 1 aromatic heterocycles. The fraction of sp³-hybridized carbons (Fsp3) is 0.667. The van der Waals surface area contributed by atoms with Gasteiger partial charge in [-0.3, -0.25) is 9.89 Å².